The number of carbonyl (C=O) groups excluding carboxylic acids is 2. The van der Waals surface area contributed by atoms with Crippen LogP contribution in [0, 0.1) is 6.92 Å². The molecule has 5 nitrogen and oxygen atoms in total. The molecule has 23 heavy (non-hydrogen) atoms. The molecule has 0 bridgehead atoms. The molecule has 0 amide bonds. The largest absolute Gasteiger partial charge is 0.424 e. The fourth-order valence-electron chi connectivity index (χ4n) is 2.34. The molecule has 0 fully saturated rings. The number of benzene rings is 1. The molecule has 2 aromatic heterocycles. The number of hydrogen-bond donors (Lipinski definition) is 1. The second kappa shape index (κ2) is 5.85. The van der Waals surface area contributed by atoms with Gasteiger partial charge in [0, 0.05) is 29.0 Å². The molecular formula is C17H13ClN2O3. The van der Waals surface area contributed by atoms with E-state index in [1.54, 1.807) is 36.5 Å². The van der Waals surface area contributed by atoms with Crippen molar-refractivity contribution in [2.24, 2.45) is 0 Å². The highest BCUT2D eigenvalue weighted by Crippen LogP contribution is 2.33. The number of aromatic nitrogens is 2. The first kappa shape index (κ1) is 15.2. The van der Waals surface area contributed by atoms with Crippen molar-refractivity contribution in [2.45, 2.75) is 13.8 Å². The minimum atomic E-state index is -0.517. The van der Waals surface area contributed by atoms with Gasteiger partial charge >= 0.3 is 5.97 Å². The van der Waals surface area contributed by atoms with Crippen molar-refractivity contribution >= 4 is 34.3 Å². The van der Waals surface area contributed by atoms with Gasteiger partial charge in [0.25, 0.3) is 0 Å². The Morgan fingerprint density at radius 2 is 2.00 bits per heavy atom. The van der Waals surface area contributed by atoms with E-state index in [9.17, 15) is 9.59 Å². The molecule has 3 aromatic rings. The minimum absolute atomic E-state index is 0.170. The van der Waals surface area contributed by atoms with Crippen molar-refractivity contribution in [1.29, 1.82) is 0 Å². The molecule has 0 aliphatic rings. The van der Waals surface area contributed by atoms with Gasteiger partial charge in [-0.25, -0.2) is 0 Å². The monoisotopic (exact) mass is 328 g/mol. The molecule has 0 saturated heterocycles. The normalized spacial score (nSPS) is 10.7. The number of pyridine rings is 1. The molecule has 2 heterocycles. The van der Waals surface area contributed by atoms with Gasteiger partial charge in [0.1, 0.15) is 11.4 Å². The van der Waals surface area contributed by atoms with Gasteiger partial charge in [0.15, 0.2) is 5.75 Å². The average Bonchev–Trinajstić information content (AvgIpc) is 2.84. The summed E-state index contributed by atoms with van der Waals surface area (Å²) in [4.78, 5) is 31.2. The van der Waals surface area contributed by atoms with E-state index < -0.39 is 5.97 Å². The van der Waals surface area contributed by atoms with Gasteiger partial charge in [0.05, 0.1) is 0 Å². The summed E-state index contributed by atoms with van der Waals surface area (Å²) >= 11 is 6.00. The highest BCUT2D eigenvalue weighted by atomic mass is 35.5. The van der Waals surface area contributed by atoms with Crippen LogP contribution in [0.5, 0.6) is 5.75 Å². The molecule has 0 radical (unpaired) electrons. The van der Waals surface area contributed by atoms with Crippen molar-refractivity contribution in [2.75, 3.05) is 0 Å². The summed E-state index contributed by atoms with van der Waals surface area (Å²) in [7, 11) is 0. The Hall–Kier alpha value is -2.66. The molecule has 0 atom stereocenters. The first-order valence-electron chi connectivity index (χ1n) is 6.92. The van der Waals surface area contributed by atoms with Crippen molar-refractivity contribution in [3.63, 3.8) is 0 Å². The number of aromatic amines is 1. The number of ether oxygens (including phenoxy) is 1. The lowest BCUT2D eigenvalue weighted by atomic mass is 10.1. The van der Waals surface area contributed by atoms with Gasteiger partial charge in [-0.3, -0.25) is 14.6 Å². The summed E-state index contributed by atoms with van der Waals surface area (Å²) in [5.41, 5.74) is 2.02. The van der Waals surface area contributed by atoms with Crippen LogP contribution in [0.3, 0.4) is 0 Å². The van der Waals surface area contributed by atoms with Gasteiger partial charge < -0.3 is 9.72 Å². The van der Waals surface area contributed by atoms with Crippen LogP contribution in [-0.2, 0) is 4.79 Å². The Morgan fingerprint density at radius 3 is 2.70 bits per heavy atom. The van der Waals surface area contributed by atoms with Crippen molar-refractivity contribution in [3.05, 3.63) is 58.5 Å². The topological polar surface area (TPSA) is 72.1 Å². The second-order valence-corrected chi connectivity index (χ2v) is 5.60. The Labute approximate surface area is 137 Å². The average molecular weight is 329 g/mol. The number of carbonyl (C=O) groups is 2. The fraction of sp³-hybridized carbons (Fsp3) is 0.118. The van der Waals surface area contributed by atoms with Crippen molar-refractivity contribution in [3.8, 4) is 5.75 Å². The lowest BCUT2D eigenvalue weighted by Gasteiger charge is -2.04. The number of hydrogen-bond acceptors (Lipinski definition) is 4. The SMILES string of the molecule is CC(=O)Oc1c(C(=O)c2cc(C)ccn2)[nH]c2ccc(Cl)cc12. The smallest absolute Gasteiger partial charge is 0.308 e. The van der Waals surface area contributed by atoms with Crippen LogP contribution in [0.15, 0.2) is 36.5 Å². The molecule has 0 aliphatic carbocycles. The van der Waals surface area contributed by atoms with Crippen molar-refractivity contribution in [1.82, 2.24) is 9.97 Å². The quantitative estimate of drug-likeness (QED) is 0.588. The summed E-state index contributed by atoms with van der Waals surface area (Å²) in [6, 6.07) is 8.54. The van der Waals surface area contributed by atoms with Crippen LogP contribution in [0.2, 0.25) is 5.02 Å². The first-order chi connectivity index (χ1) is 11.0. The number of esters is 1. The molecule has 0 saturated carbocycles. The molecular weight excluding hydrogens is 316 g/mol. The summed E-state index contributed by atoms with van der Waals surface area (Å²) in [6.07, 6.45) is 1.56. The Bertz CT molecular complexity index is 931. The highest BCUT2D eigenvalue weighted by molar-refractivity contribution is 6.31. The standard InChI is InChI=1S/C17H13ClN2O3/c1-9-5-6-19-14(7-9)16(22)15-17(23-10(2)21)12-8-11(18)3-4-13(12)20-15/h3-8,20H,1-2H3. The molecule has 0 spiro atoms. The maximum Gasteiger partial charge on any atom is 0.308 e. The first-order valence-corrected chi connectivity index (χ1v) is 7.30. The van der Waals surface area contributed by atoms with E-state index in [2.05, 4.69) is 9.97 Å². The van der Waals surface area contributed by atoms with E-state index in [-0.39, 0.29) is 22.9 Å². The highest BCUT2D eigenvalue weighted by Gasteiger charge is 2.23. The molecule has 6 heteroatoms. The van der Waals surface area contributed by atoms with Crippen LogP contribution in [-0.4, -0.2) is 21.7 Å². The Kier molecular flexibility index (Phi) is 3.88. The van der Waals surface area contributed by atoms with E-state index in [0.29, 0.717) is 15.9 Å². The van der Waals surface area contributed by atoms with E-state index in [0.717, 1.165) is 5.56 Å². The molecule has 0 unspecified atom stereocenters. The van der Waals surface area contributed by atoms with E-state index in [1.165, 1.54) is 6.92 Å². The van der Waals surface area contributed by atoms with Gasteiger partial charge in [-0.05, 0) is 42.8 Å². The lowest BCUT2D eigenvalue weighted by molar-refractivity contribution is -0.131. The van der Waals surface area contributed by atoms with E-state index in [1.807, 2.05) is 6.92 Å². The summed E-state index contributed by atoms with van der Waals surface area (Å²) < 4.78 is 5.25. The number of ketones is 1. The van der Waals surface area contributed by atoms with Crippen LogP contribution in [0.4, 0.5) is 0 Å². The third-order valence-corrected chi connectivity index (χ3v) is 3.57. The van der Waals surface area contributed by atoms with Crippen LogP contribution in [0.1, 0.15) is 28.7 Å². The zero-order valence-corrected chi connectivity index (χ0v) is 13.3. The third kappa shape index (κ3) is 2.96. The summed E-state index contributed by atoms with van der Waals surface area (Å²) in [5, 5.41) is 1.06. The lowest BCUT2D eigenvalue weighted by Crippen LogP contribution is -2.09. The predicted octanol–water partition coefficient (Wildman–Crippen LogP) is 3.68. The Balaban J connectivity index is 2.19. The number of aryl methyl sites for hydroxylation is 1. The molecule has 1 aromatic carbocycles. The number of rotatable bonds is 3. The zero-order valence-electron chi connectivity index (χ0n) is 12.5. The van der Waals surface area contributed by atoms with Gasteiger partial charge in [-0.15, -0.1) is 0 Å². The Morgan fingerprint density at radius 1 is 1.22 bits per heavy atom. The maximum absolute atomic E-state index is 12.7. The van der Waals surface area contributed by atoms with Crippen LogP contribution < -0.4 is 4.74 Å². The van der Waals surface area contributed by atoms with Crippen molar-refractivity contribution < 1.29 is 14.3 Å². The van der Waals surface area contributed by atoms with Gasteiger partial charge in [0.2, 0.25) is 5.78 Å². The molecule has 3 rings (SSSR count). The summed E-state index contributed by atoms with van der Waals surface area (Å²) in [6.45, 7) is 3.15. The second-order valence-electron chi connectivity index (χ2n) is 5.16. The number of halogens is 1. The molecule has 116 valence electrons. The third-order valence-electron chi connectivity index (χ3n) is 3.33. The number of fused-ring (bicyclic) bond motifs is 1. The van der Waals surface area contributed by atoms with Crippen LogP contribution >= 0.6 is 11.6 Å². The van der Waals surface area contributed by atoms with Gasteiger partial charge in [-0.2, -0.15) is 0 Å². The number of H-pyrrole nitrogens is 1. The maximum atomic E-state index is 12.7. The van der Waals surface area contributed by atoms with Gasteiger partial charge in [-0.1, -0.05) is 11.6 Å². The number of nitrogens with one attached hydrogen (secondary N) is 1. The number of nitrogens with zero attached hydrogens (tertiary/aromatic N) is 1. The minimum Gasteiger partial charge on any atom is -0.424 e. The van der Waals surface area contributed by atoms with E-state index >= 15 is 0 Å². The predicted molar refractivity (Wildman–Crippen MR) is 87.0 cm³/mol. The molecule has 0 aliphatic heterocycles. The molecule has 1 N–H and O–H groups in total. The zero-order chi connectivity index (χ0) is 16.6. The fourth-order valence-corrected chi connectivity index (χ4v) is 2.51. The van der Waals surface area contributed by atoms with Crippen LogP contribution in [0.25, 0.3) is 10.9 Å². The van der Waals surface area contributed by atoms with E-state index in [4.69, 9.17) is 16.3 Å². The summed E-state index contributed by atoms with van der Waals surface area (Å²) in [5.74, 6) is -0.697.